The van der Waals surface area contributed by atoms with Gasteiger partial charge in [-0.05, 0) is 23.9 Å². The van der Waals surface area contributed by atoms with E-state index in [1.807, 2.05) is 0 Å². The monoisotopic (exact) mass is 298 g/mol. The molecule has 2 rings (SSSR count). The van der Waals surface area contributed by atoms with Gasteiger partial charge in [-0.2, -0.15) is 4.98 Å². The maximum absolute atomic E-state index is 11.8. The molecule has 2 aromatic heterocycles. The number of unbranched alkanes of at least 4 members (excludes halogenated alkanes) is 2. The Hall–Kier alpha value is -1.56. The number of rotatable bonds is 6. The molecule has 20 heavy (non-hydrogen) atoms. The summed E-state index contributed by atoms with van der Waals surface area (Å²) in [4.78, 5) is 32.4. The van der Waals surface area contributed by atoms with Crippen LogP contribution in [0.5, 0.6) is 0 Å². The van der Waals surface area contributed by atoms with Gasteiger partial charge in [0.25, 0.3) is 5.56 Å². The number of H-pyrrole nitrogens is 2. The van der Waals surface area contributed by atoms with Crippen LogP contribution in [0.4, 0.5) is 0 Å². The number of hydrogen-bond donors (Lipinski definition) is 2. The standard InChI is InChI=1S/C13H19ClN4O2/c1-8(2)6-4-3-5-7-18-10-9(15-12(14)16-10)11(19)17-13(18)20/h8H,3-7H2,1-2H3,(H,15,16)(H,17,19,20). The number of imidazole rings is 1. The lowest BCUT2D eigenvalue weighted by atomic mass is 10.1. The number of aromatic amines is 2. The summed E-state index contributed by atoms with van der Waals surface area (Å²) < 4.78 is 1.47. The van der Waals surface area contributed by atoms with Crippen molar-refractivity contribution < 1.29 is 0 Å². The molecule has 0 spiro atoms. The molecular formula is C13H19ClN4O2. The lowest BCUT2D eigenvalue weighted by Gasteiger charge is -2.07. The van der Waals surface area contributed by atoms with Gasteiger partial charge in [-0.1, -0.05) is 33.1 Å². The van der Waals surface area contributed by atoms with E-state index >= 15 is 0 Å². The quantitative estimate of drug-likeness (QED) is 0.634. The molecule has 0 bridgehead atoms. The van der Waals surface area contributed by atoms with Crippen molar-refractivity contribution in [3.05, 3.63) is 26.1 Å². The molecular weight excluding hydrogens is 280 g/mol. The molecule has 0 aromatic carbocycles. The summed E-state index contributed by atoms with van der Waals surface area (Å²) >= 11 is 5.76. The summed E-state index contributed by atoms with van der Waals surface area (Å²) in [5.74, 6) is 0.697. The molecule has 0 saturated heterocycles. The van der Waals surface area contributed by atoms with Crippen molar-refractivity contribution in [3.8, 4) is 0 Å². The minimum atomic E-state index is -0.486. The number of aromatic nitrogens is 4. The molecule has 0 atom stereocenters. The molecule has 110 valence electrons. The molecule has 2 N–H and O–H groups in total. The maximum Gasteiger partial charge on any atom is 0.330 e. The predicted molar refractivity (Wildman–Crippen MR) is 79.3 cm³/mol. The fourth-order valence-corrected chi connectivity index (χ4v) is 2.39. The fourth-order valence-electron chi connectivity index (χ4n) is 2.22. The Balaban J connectivity index is 2.14. The van der Waals surface area contributed by atoms with Crippen LogP contribution in [0.2, 0.25) is 5.28 Å². The normalized spacial score (nSPS) is 11.6. The zero-order chi connectivity index (χ0) is 14.7. The smallest absolute Gasteiger partial charge is 0.323 e. The summed E-state index contributed by atoms with van der Waals surface area (Å²) in [6.45, 7) is 4.93. The second-order valence-corrected chi connectivity index (χ2v) is 5.74. The third kappa shape index (κ3) is 3.30. The number of aryl methyl sites for hydroxylation is 1. The number of hydrogen-bond acceptors (Lipinski definition) is 3. The predicted octanol–water partition coefficient (Wildman–Crippen LogP) is 2.28. The summed E-state index contributed by atoms with van der Waals surface area (Å²) in [7, 11) is 0. The summed E-state index contributed by atoms with van der Waals surface area (Å²) in [5, 5.41) is 0.115. The van der Waals surface area contributed by atoms with Crippen LogP contribution in [0.25, 0.3) is 11.2 Å². The Labute approximate surface area is 121 Å². The average molecular weight is 299 g/mol. The molecule has 7 heteroatoms. The van der Waals surface area contributed by atoms with Crippen LogP contribution in [-0.2, 0) is 6.54 Å². The van der Waals surface area contributed by atoms with Gasteiger partial charge in [0.05, 0.1) is 0 Å². The van der Waals surface area contributed by atoms with Gasteiger partial charge in [0.15, 0.2) is 11.2 Å². The minimum absolute atomic E-state index is 0.115. The van der Waals surface area contributed by atoms with Crippen LogP contribution in [0.1, 0.15) is 39.5 Å². The molecule has 0 unspecified atom stereocenters. The third-order valence-electron chi connectivity index (χ3n) is 3.27. The van der Waals surface area contributed by atoms with E-state index in [0.29, 0.717) is 18.1 Å². The molecule has 0 radical (unpaired) electrons. The maximum atomic E-state index is 11.8. The number of nitrogens with zero attached hydrogens (tertiary/aromatic N) is 2. The highest BCUT2D eigenvalue weighted by atomic mass is 35.5. The van der Waals surface area contributed by atoms with Gasteiger partial charge < -0.3 is 4.98 Å². The van der Waals surface area contributed by atoms with E-state index in [1.165, 1.54) is 11.0 Å². The van der Waals surface area contributed by atoms with Crippen molar-refractivity contribution in [1.82, 2.24) is 19.5 Å². The van der Waals surface area contributed by atoms with Gasteiger partial charge in [-0.15, -0.1) is 0 Å². The Kier molecular flexibility index (Phi) is 4.65. The average Bonchev–Trinajstić information content (AvgIpc) is 2.74. The van der Waals surface area contributed by atoms with Gasteiger partial charge in [-0.3, -0.25) is 14.3 Å². The largest absolute Gasteiger partial charge is 0.330 e. The molecule has 0 aliphatic heterocycles. The van der Waals surface area contributed by atoms with Crippen molar-refractivity contribution in [2.24, 2.45) is 5.92 Å². The van der Waals surface area contributed by atoms with Gasteiger partial charge in [0.1, 0.15) is 0 Å². The van der Waals surface area contributed by atoms with Crippen LogP contribution >= 0.6 is 11.6 Å². The summed E-state index contributed by atoms with van der Waals surface area (Å²) in [6.07, 6.45) is 4.24. The highest BCUT2D eigenvalue weighted by Crippen LogP contribution is 2.11. The minimum Gasteiger partial charge on any atom is -0.323 e. The first-order valence-corrected chi connectivity index (χ1v) is 7.25. The van der Waals surface area contributed by atoms with Gasteiger partial charge >= 0.3 is 5.69 Å². The first kappa shape index (κ1) is 14.8. The Bertz CT molecular complexity index is 698. The van der Waals surface area contributed by atoms with Crippen molar-refractivity contribution in [2.45, 2.75) is 46.1 Å². The van der Waals surface area contributed by atoms with Crippen LogP contribution in [0.15, 0.2) is 9.59 Å². The highest BCUT2D eigenvalue weighted by molar-refractivity contribution is 6.28. The second kappa shape index (κ2) is 6.26. The molecule has 0 saturated carbocycles. The SMILES string of the molecule is CC(C)CCCCCn1c(=O)[nH]c(=O)c2[nH]c(Cl)nc21. The number of fused-ring (bicyclic) bond motifs is 1. The number of halogens is 1. The van der Waals surface area contributed by atoms with E-state index in [-0.39, 0.29) is 10.8 Å². The van der Waals surface area contributed by atoms with Gasteiger partial charge in [0.2, 0.25) is 5.28 Å². The van der Waals surface area contributed by atoms with Gasteiger partial charge in [0, 0.05) is 6.54 Å². The fraction of sp³-hybridized carbons (Fsp3) is 0.615. The van der Waals surface area contributed by atoms with Crippen molar-refractivity contribution in [1.29, 1.82) is 0 Å². The van der Waals surface area contributed by atoms with E-state index in [0.717, 1.165) is 19.3 Å². The lowest BCUT2D eigenvalue weighted by Crippen LogP contribution is -2.30. The summed E-state index contributed by atoms with van der Waals surface area (Å²) in [6, 6.07) is 0. The summed E-state index contributed by atoms with van der Waals surface area (Å²) in [5.41, 5.74) is -0.348. The van der Waals surface area contributed by atoms with Crippen LogP contribution < -0.4 is 11.2 Å². The molecule has 0 aliphatic carbocycles. The van der Waals surface area contributed by atoms with E-state index in [1.54, 1.807) is 0 Å². The first-order valence-electron chi connectivity index (χ1n) is 6.87. The topological polar surface area (TPSA) is 83.5 Å². The lowest BCUT2D eigenvalue weighted by molar-refractivity contribution is 0.504. The van der Waals surface area contributed by atoms with Crippen molar-refractivity contribution in [3.63, 3.8) is 0 Å². The zero-order valence-electron chi connectivity index (χ0n) is 11.7. The van der Waals surface area contributed by atoms with E-state index in [9.17, 15) is 9.59 Å². The highest BCUT2D eigenvalue weighted by Gasteiger charge is 2.11. The third-order valence-corrected chi connectivity index (χ3v) is 3.45. The van der Waals surface area contributed by atoms with Crippen molar-refractivity contribution in [2.75, 3.05) is 0 Å². The van der Waals surface area contributed by atoms with E-state index in [4.69, 9.17) is 11.6 Å². The van der Waals surface area contributed by atoms with Crippen LogP contribution in [-0.4, -0.2) is 19.5 Å². The van der Waals surface area contributed by atoms with E-state index < -0.39 is 11.2 Å². The Morgan fingerprint density at radius 1 is 1.20 bits per heavy atom. The molecule has 6 nitrogen and oxygen atoms in total. The molecule has 2 aromatic rings. The molecule has 2 heterocycles. The first-order chi connectivity index (χ1) is 9.49. The van der Waals surface area contributed by atoms with Crippen LogP contribution in [0.3, 0.4) is 0 Å². The zero-order valence-corrected chi connectivity index (χ0v) is 12.5. The Morgan fingerprint density at radius 3 is 2.65 bits per heavy atom. The molecule has 0 amide bonds. The number of nitrogens with one attached hydrogen (secondary N) is 2. The second-order valence-electron chi connectivity index (χ2n) is 5.38. The van der Waals surface area contributed by atoms with E-state index in [2.05, 4.69) is 28.8 Å². The Morgan fingerprint density at radius 2 is 1.95 bits per heavy atom. The molecule has 0 aliphatic rings. The van der Waals surface area contributed by atoms with Crippen molar-refractivity contribution >= 4 is 22.8 Å². The van der Waals surface area contributed by atoms with Gasteiger partial charge in [-0.25, -0.2) is 4.79 Å². The molecule has 0 fully saturated rings. The van der Waals surface area contributed by atoms with Crippen LogP contribution in [0, 0.1) is 5.92 Å².